The molecule has 3 aliphatic rings. The summed E-state index contributed by atoms with van der Waals surface area (Å²) in [6.07, 6.45) is 11.3. The molecule has 276 valence electrons. The number of amides is 2. The van der Waals surface area contributed by atoms with Crippen molar-refractivity contribution in [2.24, 2.45) is 11.8 Å². The van der Waals surface area contributed by atoms with Crippen molar-refractivity contribution in [2.45, 2.75) is 51.1 Å². The molecule has 3 aromatic heterocycles. The summed E-state index contributed by atoms with van der Waals surface area (Å²) in [6.45, 7) is 2.79. The van der Waals surface area contributed by atoms with E-state index in [-0.39, 0.29) is 45.8 Å². The number of likely N-dealkylation sites (tertiary alicyclic amines) is 1. The Morgan fingerprint density at radius 3 is 2.35 bits per heavy atom. The van der Waals surface area contributed by atoms with Gasteiger partial charge in [0.2, 0.25) is 11.3 Å². The highest BCUT2D eigenvalue weighted by Gasteiger charge is 2.34. The molecule has 2 saturated heterocycles. The summed E-state index contributed by atoms with van der Waals surface area (Å²) >= 11 is 0. The summed E-state index contributed by atoms with van der Waals surface area (Å²) < 4.78 is 36.5. The monoisotopic (exact) mass is 730 g/mol. The number of anilines is 2. The molecule has 0 bridgehead atoms. The third kappa shape index (κ3) is 7.38. The van der Waals surface area contributed by atoms with E-state index < -0.39 is 23.0 Å². The first-order valence-corrected chi connectivity index (χ1v) is 18.4. The lowest BCUT2D eigenvalue weighted by atomic mass is 9.85. The zero-order chi connectivity index (χ0) is 37.3. The predicted octanol–water partition coefficient (Wildman–Crippen LogP) is 6.73. The highest BCUT2D eigenvalue weighted by molar-refractivity contribution is 6.04. The lowest BCUT2D eigenvalue weighted by Crippen LogP contribution is -2.44. The number of nitrogens with one attached hydrogen (secondary N) is 1. The van der Waals surface area contributed by atoms with Crippen LogP contribution in [-0.2, 0) is 22.5 Å². The van der Waals surface area contributed by atoms with Crippen LogP contribution in [0.5, 0.6) is 0 Å². The van der Waals surface area contributed by atoms with E-state index in [1.165, 1.54) is 30.5 Å². The molecule has 2 aromatic carbocycles. The van der Waals surface area contributed by atoms with Gasteiger partial charge in [-0.05, 0) is 79.1 Å². The lowest BCUT2D eigenvalue weighted by Gasteiger charge is -2.33. The summed E-state index contributed by atoms with van der Waals surface area (Å²) in [5.74, 6) is -0.676. The van der Waals surface area contributed by atoms with Crippen LogP contribution in [-0.4, -0.2) is 57.0 Å². The minimum Gasteiger partial charge on any atom is -0.383 e. The quantitative estimate of drug-likeness (QED) is 0.154. The van der Waals surface area contributed by atoms with Crippen molar-refractivity contribution in [3.05, 3.63) is 118 Å². The van der Waals surface area contributed by atoms with Gasteiger partial charge in [0.15, 0.2) is 0 Å². The number of aromatic nitrogens is 3. The molecule has 3 fully saturated rings. The molecule has 0 spiro atoms. The molecule has 8 rings (SSSR count). The first-order chi connectivity index (χ1) is 26.2. The lowest BCUT2D eigenvalue weighted by molar-refractivity contribution is -0.132. The van der Waals surface area contributed by atoms with E-state index >= 15 is 4.39 Å². The molecular weight excluding hydrogens is 690 g/mol. The van der Waals surface area contributed by atoms with Crippen molar-refractivity contribution < 1.29 is 23.1 Å². The Morgan fingerprint density at radius 1 is 0.852 bits per heavy atom. The summed E-state index contributed by atoms with van der Waals surface area (Å²) in [4.78, 5) is 50.1. The fourth-order valence-electron chi connectivity index (χ4n) is 7.48. The highest BCUT2D eigenvalue weighted by Crippen LogP contribution is 2.34. The maximum atomic E-state index is 15.8. The first-order valence-electron chi connectivity index (χ1n) is 18.4. The summed E-state index contributed by atoms with van der Waals surface area (Å²) in [5.41, 5.74) is 9.48. The molecule has 1 atom stereocenters. The van der Waals surface area contributed by atoms with Crippen molar-refractivity contribution in [3.8, 4) is 33.5 Å². The first kappa shape index (κ1) is 35.3. The van der Waals surface area contributed by atoms with Gasteiger partial charge >= 0.3 is 0 Å². The molecule has 1 aliphatic carbocycles. The van der Waals surface area contributed by atoms with Gasteiger partial charge in [0.1, 0.15) is 23.0 Å². The molecule has 5 aromatic rings. The average Bonchev–Trinajstić information content (AvgIpc) is 3.47. The minimum absolute atomic E-state index is 0.132. The molecule has 1 saturated carbocycles. The van der Waals surface area contributed by atoms with Gasteiger partial charge in [0.25, 0.3) is 5.91 Å². The normalized spacial score (nSPS) is 17.3. The molecule has 2 aliphatic heterocycles. The maximum absolute atomic E-state index is 15.8. The Labute approximate surface area is 311 Å². The summed E-state index contributed by atoms with van der Waals surface area (Å²) in [6, 6.07) is 16.9. The van der Waals surface area contributed by atoms with Crippen LogP contribution in [0.4, 0.5) is 20.3 Å². The number of carbonyl (C=O) groups is 2. The number of nitrogen functional groups attached to an aromatic ring is 1. The number of nitrogens with zero attached hydrogens (tertiary/aromatic N) is 4. The van der Waals surface area contributed by atoms with Crippen molar-refractivity contribution >= 4 is 23.3 Å². The maximum Gasteiger partial charge on any atom is 0.261 e. The van der Waals surface area contributed by atoms with E-state index in [4.69, 9.17) is 10.5 Å². The Morgan fingerprint density at radius 2 is 1.67 bits per heavy atom. The number of ether oxygens (including phenoxy) is 1. The predicted molar refractivity (Wildman–Crippen MR) is 201 cm³/mol. The molecule has 5 heterocycles. The molecule has 10 nitrogen and oxygen atoms in total. The standard InChI is InChI=1S/C42H40F2N6O4/c43-30-8-12-38(46-18-30)35-21-49(19-26-2-1-3-26)22-36(40(35)52)42(53)48-31-9-11-33(37(44)16-31)34-15-29(17-47-41(34)45)28-6-4-25(5-7-28)14-32-10-13-39(51)50(32)20-27-23-54-24-27/h4-9,11-12,15-18,21-22,26-27,32H,1-3,10,13-14,19-20,23-24H2,(H2,45,47)(H,48,53)/t32-/m0/s1. The largest absolute Gasteiger partial charge is 0.383 e. The van der Waals surface area contributed by atoms with Gasteiger partial charge in [-0.3, -0.25) is 19.4 Å². The number of halogens is 2. The van der Waals surface area contributed by atoms with E-state index in [9.17, 15) is 18.8 Å². The van der Waals surface area contributed by atoms with Crippen LogP contribution >= 0.6 is 0 Å². The molecule has 54 heavy (non-hydrogen) atoms. The fourth-order valence-corrected chi connectivity index (χ4v) is 7.48. The highest BCUT2D eigenvalue weighted by atomic mass is 19.1. The zero-order valence-corrected chi connectivity index (χ0v) is 29.6. The van der Waals surface area contributed by atoms with Crippen LogP contribution in [0.2, 0.25) is 0 Å². The third-order valence-corrected chi connectivity index (χ3v) is 10.8. The third-order valence-electron chi connectivity index (χ3n) is 10.8. The second-order valence-electron chi connectivity index (χ2n) is 14.6. The van der Waals surface area contributed by atoms with Crippen molar-refractivity contribution in [1.29, 1.82) is 0 Å². The van der Waals surface area contributed by atoms with Gasteiger partial charge < -0.3 is 25.3 Å². The molecule has 3 N–H and O–H groups in total. The van der Waals surface area contributed by atoms with Gasteiger partial charge in [-0.15, -0.1) is 0 Å². The number of hydrogen-bond acceptors (Lipinski definition) is 7. The van der Waals surface area contributed by atoms with E-state index in [0.29, 0.717) is 43.6 Å². The number of hydrogen-bond donors (Lipinski definition) is 2. The van der Waals surface area contributed by atoms with Crippen molar-refractivity contribution in [1.82, 2.24) is 19.4 Å². The minimum atomic E-state index is -0.703. The molecule has 12 heteroatoms. The van der Waals surface area contributed by atoms with Crippen LogP contribution in [0.3, 0.4) is 0 Å². The topological polar surface area (TPSA) is 132 Å². The Bertz CT molecular complexity index is 2270. The van der Waals surface area contributed by atoms with Gasteiger partial charge in [0.05, 0.1) is 30.7 Å². The molecular formula is C42H40F2N6O4. The molecule has 0 radical (unpaired) electrons. The number of pyridine rings is 3. The van der Waals surface area contributed by atoms with E-state index in [0.717, 1.165) is 61.5 Å². The average molecular weight is 731 g/mol. The SMILES string of the molecule is Nc1ncc(-c2ccc(C[C@@H]3CCC(=O)N3CC3COC3)cc2)cc1-c1ccc(NC(=O)c2cn(CC3CCC3)cc(-c3ccc(F)cn3)c2=O)cc1F. The van der Waals surface area contributed by atoms with Crippen molar-refractivity contribution in [3.63, 3.8) is 0 Å². The van der Waals surface area contributed by atoms with Gasteiger partial charge in [-0.25, -0.2) is 13.8 Å². The number of nitrogens with two attached hydrogens (primary N) is 1. The summed E-state index contributed by atoms with van der Waals surface area (Å²) in [5, 5.41) is 2.67. The van der Waals surface area contributed by atoms with Crippen LogP contribution in [0.25, 0.3) is 33.5 Å². The Balaban J connectivity index is 0.991. The zero-order valence-electron chi connectivity index (χ0n) is 29.6. The second-order valence-corrected chi connectivity index (χ2v) is 14.6. The van der Waals surface area contributed by atoms with E-state index in [1.807, 2.05) is 29.2 Å². The van der Waals surface area contributed by atoms with E-state index in [1.54, 1.807) is 29.1 Å². The van der Waals surface area contributed by atoms with Gasteiger partial charge in [-0.2, -0.15) is 0 Å². The van der Waals surface area contributed by atoms with Crippen molar-refractivity contribution in [2.75, 3.05) is 30.8 Å². The Hall–Kier alpha value is -5.75. The van der Waals surface area contributed by atoms with E-state index in [2.05, 4.69) is 15.3 Å². The Kier molecular flexibility index (Phi) is 9.76. The number of carbonyl (C=O) groups excluding carboxylic acids is 2. The van der Waals surface area contributed by atoms with Gasteiger partial charge in [0, 0.05) is 72.4 Å². The van der Waals surface area contributed by atoms with Crippen LogP contribution in [0, 0.1) is 23.5 Å². The molecule has 0 unspecified atom stereocenters. The second kappa shape index (κ2) is 14.9. The smallest absolute Gasteiger partial charge is 0.261 e. The van der Waals surface area contributed by atoms with Gasteiger partial charge in [-0.1, -0.05) is 30.7 Å². The van der Waals surface area contributed by atoms with Crippen LogP contribution in [0.15, 0.2) is 90.2 Å². The molecule has 2 amide bonds. The van der Waals surface area contributed by atoms with Crippen LogP contribution in [0.1, 0.15) is 48.0 Å². The summed E-state index contributed by atoms with van der Waals surface area (Å²) in [7, 11) is 0. The fraction of sp³-hybridized carbons (Fsp3) is 0.310. The number of benzene rings is 2. The number of rotatable bonds is 11. The van der Waals surface area contributed by atoms with Crippen LogP contribution < -0.4 is 16.5 Å².